The Balaban J connectivity index is 2.15. The molecule has 0 atom stereocenters. The Labute approximate surface area is 109 Å². The Kier molecular flexibility index (Phi) is 4.12. The number of rotatable bonds is 4. The number of ether oxygens (including phenoxy) is 1. The van der Waals surface area contributed by atoms with Gasteiger partial charge in [-0.15, -0.1) is 0 Å². The summed E-state index contributed by atoms with van der Waals surface area (Å²) in [5.74, 6) is 1.54. The summed E-state index contributed by atoms with van der Waals surface area (Å²) in [6.07, 6.45) is 3.53. The fourth-order valence-corrected chi connectivity index (χ4v) is 1.87. The van der Waals surface area contributed by atoms with Gasteiger partial charge >= 0.3 is 0 Å². The minimum atomic E-state index is 0.746. The highest BCUT2D eigenvalue weighted by Crippen LogP contribution is 2.24. The molecule has 1 N–H and O–H groups in total. The van der Waals surface area contributed by atoms with Crippen LogP contribution in [-0.2, 0) is 6.54 Å². The molecule has 0 saturated carbocycles. The van der Waals surface area contributed by atoms with Crippen molar-refractivity contribution >= 4 is 15.9 Å². The van der Waals surface area contributed by atoms with E-state index in [1.807, 2.05) is 43.6 Å². The molecule has 0 amide bonds. The van der Waals surface area contributed by atoms with E-state index in [9.17, 15) is 0 Å². The number of hydrogen-bond donors (Lipinski definition) is 1. The third-order valence-corrected chi connectivity index (χ3v) is 2.68. The molecule has 0 bridgehead atoms. The van der Waals surface area contributed by atoms with E-state index in [1.54, 1.807) is 6.20 Å². The van der Waals surface area contributed by atoms with Crippen LogP contribution < -0.4 is 10.1 Å². The summed E-state index contributed by atoms with van der Waals surface area (Å²) in [4.78, 5) is 4.15. The predicted molar refractivity (Wildman–Crippen MR) is 71.2 cm³/mol. The average Bonchev–Trinajstić information content (AvgIpc) is 2.30. The molecular formula is C13H13BrN2O. The molecule has 0 aliphatic carbocycles. The Morgan fingerprint density at radius 1 is 1.24 bits per heavy atom. The van der Waals surface area contributed by atoms with E-state index in [2.05, 4.69) is 26.2 Å². The molecule has 0 saturated heterocycles. The Hall–Kier alpha value is -1.39. The summed E-state index contributed by atoms with van der Waals surface area (Å²) in [6.45, 7) is 0.780. The summed E-state index contributed by atoms with van der Waals surface area (Å²) in [5.41, 5.74) is 1.10. The molecule has 0 aliphatic rings. The molecule has 1 aromatic carbocycles. The topological polar surface area (TPSA) is 34.2 Å². The number of nitrogens with one attached hydrogen (secondary N) is 1. The average molecular weight is 293 g/mol. The Morgan fingerprint density at radius 2 is 2.12 bits per heavy atom. The summed E-state index contributed by atoms with van der Waals surface area (Å²) in [6, 6.07) is 9.71. The molecule has 17 heavy (non-hydrogen) atoms. The van der Waals surface area contributed by atoms with Crippen molar-refractivity contribution in [3.63, 3.8) is 0 Å². The van der Waals surface area contributed by atoms with Crippen molar-refractivity contribution in [2.75, 3.05) is 7.05 Å². The molecule has 4 heteroatoms. The standard InChI is InChI=1S/C13H13BrN2O/c1-15-7-10-5-13(9-16-8-10)17-12-4-2-3-11(14)6-12/h2-6,8-9,15H,7H2,1H3. The number of pyridine rings is 1. The first-order chi connectivity index (χ1) is 8.28. The van der Waals surface area contributed by atoms with E-state index in [0.717, 1.165) is 28.1 Å². The molecule has 1 heterocycles. The van der Waals surface area contributed by atoms with Gasteiger partial charge in [0.2, 0.25) is 0 Å². The third kappa shape index (κ3) is 3.54. The molecule has 0 spiro atoms. The largest absolute Gasteiger partial charge is 0.456 e. The van der Waals surface area contributed by atoms with Crippen LogP contribution >= 0.6 is 15.9 Å². The van der Waals surface area contributed by atoms with Crippen LogP contribution in [0.5, 0.6) is 11.5 Å². The zero-order chi connectivity index (χ0) is 12.1. The first-order valence-corrected chi connectivity index (χ1v) is 6.09. The lowest BCUT2D eigenvalue weighted by Gasteiger charge is -2.07. The second kappa shape index (κ2) is 5.80. The molecule has 0 fully saturated rings. The van der Waals surface area contributed by atoms with Gasteiger partial charge < -0.3 is 10.1 Å². The molecule has 0 radical (unpaired) electrons. The molecule has 2 aromatic rings. The van der Waals surface area contributed by atoms with E-state index in [0.29, 0.717) is 0 Å². The highest BCUT2D eigenvalue weighted by molar-refractivity contribution is 9.10. The fourth-order valence-electron chi connectivity index (χ4n) is 1.49. The second-order valence-electron chi connectivity index (χ2n) is 3.62. The van der Waals surface area contributed by atoms with Crippen molar-refractivity contribution in [3.05, 3.63) is 52.8 Å². The molecule has 0 unspecified atom stereocenters. The summed E-state index contributed by atoms with van der Waals surface area (Å²) in [7, 11) is 1.90. The SMILES string of the molecule is CNCc1cncc(Oc2cccc(Br)c2)c1. The first-order valence-electron chi connectivity index (χ1n) is 5.30. The van der Waals surface area contributed by atoms with Gasteiger partial charge in [-0.2, -0.15) is 0 Å². The maximum absolute atomic E-state index is 5.73. The fraction of sp³-hybridized carbons (Fsp3) is 0.154. The number of aromatic nitrogens is 1. The van der Waals surface area contributed by atoms with Crippen LogP contribution in [0.15, 0.2) is 47.2 Å². The Morgan fingerprint density at radius 3 is 2.88 bits per heavy atom. The van der Waals surface area contributed by atoms with Crippen LogP contribution in [0.3, 0.4) is 0 Å². The van der Waals surface area contributed by atoms with E-state index in [4.69, 9.17) is 4.74 Å². The zero-order valence-corrected chi connectivity index (χ0v) is 11.1. The van der Waals surface area contributed by atoms with Gasteiger partial charge in [0, 0.05) is 17.2 Å². The first kappa shape index (κ1) is 12.1. The van der Waals surface area contributed by atoms with Gasteiger partial charge in [0.15, 0.2) is 0 Å². The monoisotopic (exact) mass is 292 g/mol. The van der Waals surface area contributed by atoms with Crippen molar-refractivity contribution in [3.8, 4) is 11.5 Å². The van der Waals surface area contributed by atoms with Gasteiger partial charge in [-0.05, 0) is 36.9 Å². The van der Waals surface area contributed by atoms with Crippen LogP contribution in [-0.4, -0.2) is 12.0 Å². The lowest BCUT2D eigenvalue weighted by atomic mass is 10.3. The molecule has 88 valence electrons. The lowest BCUT2D eigenvalue weighted by molar-refractivity contribution is 0.479. The predicted octanol–water partition coefficient (Wildman–Crippen LogP) is 3.36. The highest BCUT2D eigenvalue weighted by Gasteiger charge is 2.00. The van der Waals surface area contributed by atoms with Crippen molar-refractivity contribution < 1.29 is 4.74 Å². The number of halogens is 1. The molecule has 3 nitrogen and oxygen atoms in total. The minimum absolute atomic E-state index is 0.746. The Bertz CT molecular complexity index is 502. The maximum atomic E-state index is 5.73. The van der Waals surface area contributed by atoms with E-state index in [1.165, 1.54) is 0 Å². The van der Waals surface area contributed by atoms with Gasteiger partial charge in [-0.3, -0.25) is 4.98 Å². The molecule has 1 aromatic heterocycles. The molecule has 2 rings (SSSR count). The summed E-state index contributed by atoms with van der Waals surface area (Å²) < 4.78 is 6.72. The number of nitrogens with zero attached hydrogens (tertiary/aromatic N) is 1. The van der Waals surface area contributed by atoms with Crippen LogP contribution in [0.2, 0.25) is 0 Å². The van der Waals surface area contributed by atoms with Gasteiger partial charge in [-0.1, -0.05) is 22.0 Å². The lowest BCUT2D eigenvalue weighted by Crippen LogP contribution is -2.05. The molecule has 0 aliphatic heterocycles. The van der Waals surface area contributed by atoms with Crippen molar-refractivity contribution in [1.29, 1.82) is 0 Å². The summed E-state index contributed by atoms with van der Waals surface area (Å²) in [5, 5.41) is 3.08. The van der Waals surface area contributed by atoms with Crippen molar-refractivity contribution in [2.24, 2.45) is 0 Å². The number of hydrogen-bond acceptors (Lipinski definition) is 3. The van der Waals surface area contributed by atoms with E-state index < -0.39 is 0 Å². The smallest absolute Gasteiger partial charge is 0.146 e. The minimum Gasteiger partial charge on any atom is -0.456 e. The van der Waals surface area contributed by atoms with E-state index >= 15 is 0 Å². The van der Waals surface area contributed by atoms with Gasteiger partial charge in [0.25, 0.3) is 0 Å². The summed E-state index contributed by atoms with van der Waals surface area (Å²) >= 11 is 3.41. The van der Waals surface area contributed by atoms with Crippen LogP contribution in [0.1, 0.15) is 5.56 Å². The normalized spacial score (nSPS) is 10.2. The van der Waals surface area contributed by atoms with E-state index in [-0.39, 0.29) is 0 Å². The molecular weight excluding hydrogens is 280 g/mol. The second-order valence-corrected chi connectivity index (χ2v) is 4.53. The van der Waals surface area contributed by atoms with Gasteiger partial charge in [0.1, 0.15) is 11.5 Å². The number of benzene rings is 1. The van der Waals surface area contributed by atoms with Crippen LogP contribution in [0.25, 0.3) is 0 Å². The quantitative estimate of drug-likeness (QED) is 0.938. The highest BCUT2D eigenvalue weighted by atomic mass is 79.9. The van der Waals surface area contributed by atoms with Crippen molar-refractivity contribution in [2.45, 2.75) is 6.54 Å². The van der Waals surface area contributed by atoms with Gasteiger partial charge in [-0.25, -0.2) is 0 Å². The van der Waals surface area contributed by atoms with Crippen LogP contribution in [0, 0.1) is 0 Å². The zero-order valence-electron chi connectivity index (χ0n) is 9.48. The third-order valence-electron chi connectivity index (χ3n) is 2.18. The van der Waals surface area contributed by atoms with Crippen LogP contribution in [0.4, 0.5) is 0 Å². The van der Waals surface area contributed by atoms with Gasteiger partial charge in [0.05, 0.1) is 6.20 Å². The maximum Gasteiger partial charge on any atom is 0.146 e. The van der Waals surface area contributed by atoms with Crippen molar-refractivity contribution in [1.82, 2.24) is 10.3 Å².